The molecule has 33 heavy (non-hydrogen) atoms. The lowest BCUT2D eigenvalue weighted by atomic mass is 10.1. The fourth-order valence-corrected chi connectivity index (χ4v) is 4.37. The van der Waals surface area contributed by atoms with Crippen LogP contribution in [0.25, 0.3) is 11.0 Å². The number of amides is 2. The highest BCUT2D eigenvalue weighted by atomic mass is 35.5. The standard InChI is InChI=1S/C20H14ClF2N5O4S/c1-19(8-33-18(28-19)26-15(29)9-2-4-10(21)5-3-9)16(30)27-17-24-11-6-13-14(7-12(11)25-17)32-20(22,23)31-13/h2-7H,8H2,1H3,(H,26,28,29)(H2,24,25,27,30). The monoisotopic (exact) mass is 493 g/mol. The van der Waals surface area contributed by atoms with Gasteiger partial charge >= 0.3 is 6.29 Å². The number of aromatic nitrogens is 2. The molecule has 3 aromatic rings. The second-order valence-corrected chi connectivity index (χ2v) is 8.86. The number of nitrogens with one attached hydrogen (secondary N) is 3. The Morgan fingerprint density at radius 1 is 1.15 bits per heavy atom. The molecule has 3 heterocycles. The van der Waals surface area contributed by atoms with Crippen molar-refractivity contribution in [2.45, 2.75) is 18.8 Å². The molecule has 0 saturated carbocycles. The third-order valence-corrected chi connectivity index (χ3v) is 6.32. The minimum Gasteiger partial charge on any atom is -0.395 e. The second-order valence-electron chi connectivity index (χ2n) is 7.46. The summed E-state index contributed by atoms with van der Waals surface area (Å²) in [6.45, 7) is 1.62. The van der Waals surface area contributed by atoms with Crippen molar-refractivity contribution in [3.05, 3.63) is 47.0 Å². The van der Waals surface area contributed by atoms with Crippen LogP contribution in [0.4, 0.5) is 14.7 Å². The summed E-state index contributed by atoms with van der Waals surface area (Å²) in [6.07, 6.45) is -3.73. The first kappa shape index (κ1) is 21.5. The number of alkyl halides is 2. The molecule has 9 nitrogen and oxygen atoms in total. The van der Waals surface area contributed by atoms with E-state index in [1.54, 1.807) is 31.2 Å². The fraction of sp³-hybridized carbons (Fsp3) is 0.200. The van der Waals surface area contributed by atoms with Gasteiger partial charge in [-0.05, 0) is 31.2 Å². The minimum absolute atomic E-state index is 0.102. The highest BCUT2D eigenvalue weighted by molar-refractivity contribution is 8.14. The number of benzene rings is 2. The van der Waals surface area contributed by atoms with Crippen molar-refractivity contribution in [2.24, 2.45) is 4.99 Å². The van der Waals surface area contributed by atoms with Gasteiger partial charge in [0.2, 0.25) is 5.95 Å². The minimum atomic E-state index is -3.73. The van der Waals surface area contributed by atoms with Crippen LogP contribution >= 0.6 is 23.4 Å². The van der Waals surface area contributed by atoms with Gasteiger partial charge in [-0.1, -0.05) is 23.4 Å². The number of hydrogen-bond acceptors (Lipinski definition) is 7. The molecule has 0 fully saturated rings. The number of aliphatic imine (C=N–C) groups is 1. The zero-order chi connectivity index (χ0) is 23.4. The first-order valence-corrected chi connectivity index (χ1v) is 10.9. The maximum Gasteiger partial charge on any atom is 0.586 e. The Morgan fingerprint density at radius 2 is 1.85 bits per heavy atom. The van der Waals surface area contributed by atoms with E-state index < -0.39 is 17.7 Å². The third kappa shape index (κ3) is 4.18. The smallest absolute Gasteiger partial charge is 0.395 e. The number of anilines is 1. The molecule has 2 aliphatic rings. The van der Waals surface area contributed by atoms with E-state index in [1.165, 1.54) is 23.9 Å². The number of hydrogen-bond donors (Lipinski definition) is 3. The Labute approximate surface area is 193 Å². The molecule has 2 amide bonds. The summed E-state index contributed by atoms with van der Waals surface area (Å²) in [5.74, 6) is -0.731. The van der Waals surface area contributed by atoms with Crippen LogP contribution < -0.4 is 20.1 Å². The Hall–Kier alpha value is -3.38. The largest absolute Gasteiger partial charge is 0.586 e. The van der Waals surface area contributed by atoms with Crippen LogP contribution in [0.2, 0.25) is 5.02 Å². The number of amidine groups is 1. The topological polar surface area (TPSA) is 118 Å². The summed E-state index contributed by atoms with van der Waals surface area (Å²) in [7, 11) is 0. The van der Waals surface area contributed by atoms with Crippen LogP contribution in [0.15, 0.2) is 41.4 Å². The molecular weight excluding hydrogens is 480 g/mol. The number of aromatic amines is 1. The second kappa shape index (κ2) is 7.59. The summed E-state index contributed by atoms with van der Waals surface area (Å²) in [6, 6.07) is 8.96. The first-order valence-electron chi connectivity index (χ1n) is 9.51. The van der Waals surface area contributed by atoms with Crippen LogP contribution in [0.3, 0.4) is 0 Å². The maximum atomic E-state index is 13.2. The highest BCUT2D eigenvalue weighted by Crippen LogP contribution is 2.43. The van der Waals surface area contributed by atoms with Crippen LogP contribution in [0, 0.1) is 0 Å². The molecule has 0 radical (unpaired) electrons. The maximum absolute atomic E-state index is 13.2. The Balaban J connectivity index is 1.28. The molecule has 0 aliphatic carbocycles. The summed E-state index contributed by atoms with van der Waals surface area (Å²) >= 11 is 7.06. The molecule has 13 heteroatoms. The van der Waals surface area contributed by atoms with Crippen molar-refractivity contribution in [1.29, 1.82) is 0 Å². The van der Waals surface area contributed by atoms with Crippen molar-refractivity contribution < 1.29 is 27.8 Å². The number of rotatable bonds is 3. The van der Waals surface area contributed by atoms with Crippen LogP contribution in [-0.4, -0.2) is 44.5 Å². The fourth-order valence-electron chi connectivity index (χ4n) is 3.20. The van der Waals surface area contributed by atoms with Crippen molar-refractivity contribution in [3.8, 4) is 11.5 Å². The van der Waals surface area contributed by atoms with Gasteiger partial charge in [-0.15, -0.1) is 8.78 Å². The van der Waals surface area contributed by atoms with Gasteiger partial charge in [-0.2, -0.15) is 0 Å². The quantitative estimate of drug-likeness (QED) is 0.511. The number of carbonyl (C=O) groups excluding carboxylic acids is 2. The summed E-state index contributed by atoms with van der Waals surface area (Å²) in [5.41, 5.74) is -0.0884. The molecule has 2 aliphatic heterocycles. The van der Waals surface area contributed by atoms with E-state index in [0.717, 1.165) is 0 Å². The number of halogens is 3. The average Bonchev–Trinajstić information content (AvgIpc) is 3.39. The predicted octanol–water partition coefficient (Wildman–Crippen LogP) is 3.77. The molecule has 2 aromatic carbocycles. The number of thioether (sulfide) groups is 1. The van der Waals surface area contributed by atoms with Gasteiger partial charge < -0.3 is 19.8 Å². The van der Waals surface area contributed by atoms with E-state index in [9.17, 15) is 18.4 Å². The van der Waals surface area contributed by atoms with E-state index in [1.807, 2.05) is 0 Å². The van der Waals surface area contributed by atoms with Crippen molar-refractivity contribution in [3.63, 3.8) is 0 Å². The summed E-state index contributed by atoms with van der Waals surface area (Å²) < 4.78 is 35.2. The van der Waals surface area contributed by atoms with Gasteiger partial charge in [-0.25, -0.2) is 9.98 Å². The summed E-state index contributed by atoms with van der Waals surface area (Å²) in [5, 5.41) is 6.13. The van der Waals surface area contributed by atoms with E-state index in [-0.39, 0.29) is 23.4 Å². The molecule has 5 rings (SSSR count). The molecular formula is C20H14ClF2N5O4S. The first-order chi connectivity index (χ1) is 15.6. The van der Waals surface area contributed by atoms with Gasteiger partial charge in [0.05, 0.1) is 11.0 Å². The van der Waals surface area contributed by atoms with Crippen LogP contribution in [0.5, 0.6) is 11.5 Å². The van der Waals surface area contributed by atoms with Gasteiger partial charge in [0.15, 0.2) is 16.7 Å². The number of imidazole rings is 1. The SMILES string of the molecule is CC1(C(=O)Nc2nc3cc4c(cc3[nH]2)OC(F)(F)O4)CSC(NC(=O)c2ccc(Cl)cc2)=N1. The Morgan fingerprint density at radius 3 is 2.58 bits per heavy atom. The lowest BCUT2D eigenvalue weighted by Crippen LogP contribution is -2.39. The molecule has 0 spiro atoms. The molecule has 1 aromatic heterocycles. The molecule has 1 atom stereocenters. The zero-order valence-electron chi connectivity index (χ0n) is 16.7. The predicted molar refractivity (Wildman–Crippen MR) is 118 cm³/mol. The zero-order valence-corrected chi connectivity index (χ0v) is 18.3. The van der Waals surface area contributed by atoms with Crippen molar-refractivity contribution in [1.82, 2.24) is 15.3 Å². The van der Waals surface area contributed by atoms with E-state index in [2.05, 4.69) is 35.1 Å². The normalized spacial score (nSPS) is 20.5. The average molecular weight is 494 g/mol. The molecule has 0 saturated heterocycles. The van der Waals surface area contributed by atoms with Gasteiger partial charge in [-0.3, -0.25) is 14.9 Å². The number of nitrogens with zero attached hydrogens (tertiary/aromatic N) is 2. The van der Waals surface area contributed by atoms with Crippen molar-refractivity contribution in [2.75, 3.05) is 11.1 Å². The molecule has 1 unspecified atom stereocenters. The molecule has 3 N–H and O–H groups in total. The Bertz CT molecular complexity index is 1280. The lowest BCUT2D eigenvalue weighted by molar-refractivity contribution is -0.286. The van der Waals surface area contributed by atoms with Gasteiger partial charge in [0, 0.05) is 28.5 Å². The molecule has 170 valence electrons. The third-order valence-electron chi connectivity index (χ3n) is 4.89. The van der Waals surface area contributed by atoms with Crippen LogP contribution in [-0.2, 0) is 4.79 Å². The van der Waals surface area contributed by atoms with Crippen molar-refractivity contribution >= 4 is 57.3 Å². The number of carbonyl (C=O) groups is 2. The van der Waals surface area contributed by atoms with E-state index in [0.29, 0.717) is 32.5 Å². The highest BCUT2D eigenvalue weighted by Gasteiger charge is 2.44. The molecule has 0 bridgehead atoms. The number of fused-ring (bicyclic) bond motifs is 2. The number of ether oxygens (including phenoxy) is 2. The van der Waals surface area contributed by atoms with E-state index in [4.69, 9.17) is 11.6 Å². The lowest BCUT2D eigenvalue weighted by Gasteiger charge is -2.17. The van der Waals surface area contributed by atoms with Crippen LogP contribution in [0.1, 0.15) is 17.3 Å². The van der Waals surface area contributed by atoms with E-state index >= 15 is 0 Å². The number of H-pyrrole nitrogens is 1. The van der Waals surface area contributed by atoms with Gasteiger partial charge in [0.1, 0.15) is 5.54 Å². The van der Waals surface area contributed by atoms with Gasteiger partial charge in [0.25, 0.3) is 11.8 Å². The Kier molecular flexibility index (Phi) is 4.94. The summed E-state index contributed by atoms with van der Waals surface area (Å²) in [4.78, 5) is 36.6.